The maximum absolute atomic E-state index is 6.08. The van der Waals surface area contributed by atoms with Crippen LogP contribution in [0.2, 0.25) is 10.0 Å². The summed E-state index contributed by atoms with van der Waals surface area (Å²) in [6.45, 7) is 6.16. The van der Waals surface area contributed by atoms with Crippen molar-refractivity contribution in [2.24, 2.45) is 0 Å². The summed E-state index contributed by atoms with van der Waals surface area (Å²) in [7, 11) is 0. The Balaban J connectivity index is 1.51. The van der Waals surface area contributed by atoms with Crippen LogP contribution in [0.15, 0.2) is 18.2 Å². The number of morpholine rings is 1. The number of rotatable bonds is 4. The molecule has 1 aromatic carbocycles. The molecule has 21 heavy (non-hydrogen) atoms. The highest BCUT2D eigenvalue weighted by Crippen LogP contribution is 2.26. The summed E-state index contributed by atoms with van der Waals surface area (Å²) < 4.78 is 5.97. The normalized spacial score (nSPS) is 27.6. The van der Waals surface area contributed by atoms with Gasteiger partial charge in [-0.3, -0.25) is 4.90 Å². The largest absolute Gasteiger partial charge is 0.374 e. The standard InChI is InChI=1S/C16H22Cl2N2O/c1-11(12-4-5-15(17)16(18)7-12)19-8-14-9-20-6-2-3-13(20)10-21-14/h4-5,7,11,13-14,19H,2-3,6,8-10H2,1H3. The highest BCUT2D eigenvalue weighted by atomic mass is 35.5. The molecule has 2 aliphatic heterocycles. The molecule has 2 heterocycles. The first kappa shape index (κ1) is 15.6. The Morgan fingerprint density at radius 2 is 2.24 bits per heavy atom. The van der Waals surface area contributed by atoms with Gasteiger partial charge in [0.25, 0.3) is 0 Å². The highest BCUT2D eigenvalue weighted by Gasteiger charge is 2.32. The van der Waals surface area contributed by atoms with E-state index in [9.17, 15) is 0 Å². The lowest BCUT2D eigenvalue weighted by molar-refractivity contribution is -0.0477. The quantitative estimate of drug-likeness (QED) is 0.915. The van der Waals surface area contributed by atoms with E-state index in [1.165, 1.54) is 19.4 Å². The van der Waals surface area contributed by atoms with E-state index in [2.05, 4.69) is 17.1 Å². The molecule has 3 atom stereocenters. The van der Waals surface area contributed by atoms with Crippen molar-refractivity contribution in [3.8, 4) is 0 Å². The second kappa shape index (κ2) is 6.84. The number of fused-ring (bicyclic) bond motifs is 1. The smallest absolute Gasteiger partial charge is 0.0827 e. The second-order valence-corrected chi connectivity index (χ2v) is 6.86. The van der Waals surface area contributed by atoms with Gasteiger partial charge in [0.2, 0.25) is 0 Å². The third kappa shape index (κ3) is 3.72. The van der Waals surface area contributed by atoms with Gasteiger partial charge in [0, 0.05) is 25.2 Å². The summed E-state index contributed by atoms with van der Waals surface area (Å²) in [6.07, 6.45) is 2.89. The second-order valence-electron chi connectivity index (χ2n) is 6.05. The molecule has 0 amide bonds. The lowest BCUT2D eigenvalue weighted by atomic mass is 10.1. The van der Waals surface area contributed by atoms with Gasteiger partial charge < -0.3 is 10.1 Å². The monoisotopic (exact) mass is 328 g/mol. The van der Waals surface area contributed by atoms with Crippen LogP contribution in [0.5, 0.6) is 0 Å². The van der Waals surface area contributed by atoms with Crippen LogP contribution < -0.4 is 5.32 Å². The van der Waals surface area contributed by atoms with E-state index < -0.39 is 0 Å². The van der Waals surface area contributed by atoms with Crippen LogP contribution in [0.1, 0.15) is 31.4 Å². The van der Waals surface area contributed by atoms with Crippen LogP contribution in [0, 0.1) is 0 Å². The molecule has 3 unspecified atom stereocenters. The molecular weight excluding hydrogens is 307 g/mol. The Labute approximate surface area is 136 Å². The fourth-order valence-corrected chi connectivity index (χ4v) is 3.52. The van der Waals surface area contributed by atoms with E-state index in [0.29, 0.717) is 16.1 Å². The zero-order chi connectivity index (χ0) is 14.8. The van der Waals surface area contributed by atoms with Crippen LogP contribution >= 0.6 is 23.2 Å². The summed E-state index contributed by atoms with van der Waals surface area (Å²) >= 11 is 12.0. The van der Waals surface area contributed by atoms with Gasteiger partial charge >= 0.3 is 0 Å². The van der Waals surface area contributed by atoms with Crippen molar-refractivity contribution in [3.05, 3.63) is 33.8 Å². The van der Waals surface area contributed by atoms with E-state index >= 15 is 0 Å². The number of halogens is 2. The van der Waals surface area contributed by atoms with E-state index in [0.717, 1.165) is 25.3 Å². The SMILES string of the molecule is CC(NCC1CN2CCCC2CO1)c1ccc(Cl)c(Cl)c1. The fraction of sp³-hybridized carbons (Fsp3) is 0.625. The van der Waals surface area contributed by atoms with Crippen LogP contribution in [-0.2, 0) is 4.74 Å². The minimum atomic E-state index is 0.236. The molecule has 0 saturated carbocycles. The summed E-state index contributed by atoms with van der Waals surface area (Å²) in [4.78, 5) is 2.57. The first-order valence-corrected chi connectivity index (χ1v) is 8.43. The molecule has 2 fully saturated rings. The summed E-state index contributed by atoms with van der Waals surface area (Å²) in [5.41, 5.74) is 1.15. The molecule has 1 N–H and O–H groups in total. The molecule has 0 bridgehead atoms. The molecule has 0 aromatic heterocycles. The Morgan fingerprint density at radius 1 is 1.38 bits per heavy atom. The van der Waals surface area contributed by atoms with Crippen LogP contribution in [0.4, 0.5) is 0 Å². The summed E-state index contributed by atoms with van der Waals surface area (Å²) in [5.74, 6) is 0. The van der Waals surface area contributed by atoms with Crippen LogP contribution in [0.25, 0.3) is 0 Å². The Hall–Kier alpha value is -0.320. The minimum Gasteiger partial charge on any atom is -0.374 e. The molecule has 0 aliphatic carbocycles. The van der Waals surface area contributed by atoms with E-state index in [1.807, 2.05) is 18.2 Å². The summed E-state index contributed by atoms with van der Waals surface area (Å²) in [6, 6.07) is 6.70. The molecule has 5 heteroatoms. The Kier molecular flexibility index (Phi) is 5.07. The third-order valence-electron chi connectivity index (χ3n) is 4.56. The predicted octanol–water partition coefficient (Wildman–Crippen LogP) is 3.51. The third-order valence-corrected chi connectivity index (χ3v) is 5.30. The molecule has 0 spiro atoms. The Bertz CT molecular complexity index is 497. The molecule has 2 saturated heterocycles. The van der Waals surface area contributed by atoms with Gasteiger partial charge in [0.05, 0.1) is 22.8 Å². The van der Waals surface area contributed by atoms with Gasteiger partial charge in [0.15, 0.2) is 0 Å². The van der Waals surface area contributed by atoms with Gasteiger partial charge in [-0.2, -0.15) is 0 Å². The Morgan fingerprint density at radius 3 is 3.05 bits per heavy atom. The van der Waals surface area contributed by atoms with Gasteiger partial charge in [-0.25, -0.2) is 0 Å². The number of nitrogens with zero attached hydrogens (tertiary/aromatic N) is 1. The van der Waals surface area contributed by atoms with Crippen LogP contribution in [0.3, 0.4) is 0 Å². The molecule has 0 radical (unpaired) electrons. The molecule has 116 valence electrons. The van der Waals surface area contributed by atoms with Crippen LogP contribution in [-0.4, -0.2) is 43.3 Å². The van der Waals surface area contributed by atoms with Crippen molar-refractivity contribution in [1.82, 2.24) is 10.2 Å². The van der Waals surface area contributed by atoms with E-state index in [4.69, 9.17) is 27.9 Å². The zero-order valence-electron chi connectivity index (χ0n) is 12.3. The van der Waals surface area contributed by atoms with E-state index in [-0.39, 0.29) is 12.1 Å². The topological polar surface area (TPSA) is 24.5 Å². The zero-order valence-corrected chi connectivity index (χ0v) is 13.8. The molecule has 2 aliphatic rings. The van der Waals surface area contributed by atoms with Crippen molar-refractivity contribution >= 4 is 23.2 Å². The molecule has 3 rings (SSSR count). The van der Waals surface area contributed by atoms with Gasteiger partial charge in [-0.1, -0.05) is 29.3 Å². The highest BCUT2D eigenvalue weighted by molar-refractivity contribution is 6.42. The summed E-state index contributed by atoms with van der Waals surface area (Å²) in [5, 5.41) is 4.75. The lowest BCUT2D eigenvalue weighted by Crippen LogP contribution is -2.49. The molecule has 3 nitrogen and oxygen atoms in total. The number of hydrogen-bond acceptors (Lipinski definition) is 3. The predicted molar refractivity (Wildman–Crippen MR) is 87.2 cm³/mol. The maximum Gasteiger partial charge on any atom is 0.0827 e. The maximum atomic E-state index is 6.08. The lowest BCUT2D eigenvalue weighted by Gasteiger charge is -2.35. The van der Waals surface area contributed by atoms with Gasteiger partial charge in [-0.15, -0.1) is 0 Å². The molecule has 1 aromatic rings. The average Bonchev–Trinajstić information content (AvgIpc) is 2.95. The van der Waals surface area contributed by atoms with Crippen molar-refractivity contribution in [2.75, 3.05) is 26.2 Å². The van der Waals surface area contributed by atoms with Crippen molar-refractivity contribution in [2.45, 2.75) is 38.0 Å². The number of ether oxygens (including phenoxy) is 1. The van der Waals surface area contributed by atoms with Crippen molar-refractivity contribution in [3.63, 3.8) is 0 Å². The number of nitrogens with one attached hydrogen (secondary N) is 1. The molecular formula is C16H22Cl2N2O. The number of hydrogen-bond donors (Lipinski definition) is 1. The van der Waals surface area contributed by atoms with Gasteiger partial charge in [0.1, 0.15) is 0 Å². The first-order chi connectivity index (χ1) is 10.1. The van der Waals surface area contributed by atoms with Gasteiger partial charge in [-0.05, 0) is 44.0 Å². The first-order valence-electron chi connectivity index (χ1n) is 7.67. The average molecular weight is 329 g/mol. The fourth-order valence-electron chi connectivity index (χ4n) is 3.22. The van der Waals surface area contributed by atoms with E-state index in [1.54, 1.807) is 0 Å². The van der Waals surface area contributed by atoms with Crippen molar-refractivity contribution in [1.29, 1.82) is 0 Å². The van der Waals surface area contributed by atoms with Crippen molar-refractivity contribution < 1.29 is 4.74 Å². The minimum absolute atomic E-state index is 0.236. The number of benzene rings is 1.